The maximum Gasteiger partial charge on any atom is 0.471 e. The standard InChI is InChI=1S/C19H23F3N4O4/c1-11(16(28)24-18(2,3)4)26(14(27)10-29-5)13-8-6-12(7-9-13)15-23-17(30-25-15)19(20,21)22/h6-9,11H,10H2,1-5H3,(H,24,28). The second kappa shape index (κ2) is 8.82. The van der Waals surface area contributed by atoms with Crippen molar-refractivity contribution in [3.63, 3.8) is 0 Å². The van der Waals surface area contributed by atoms with Crippen LogP contribution in [0.4, 0.5) is 18.9 Å². The molecule has 2 amide bonds. The van der Waals surface area contributed by atoms with Gasteiger partial charge in [-0.15, -0.1) is 0 Å². The van der Waals surface area contributed by atoms with Crippen molar-refractivity contribution in [2.45, 2.75) is 45.5 Å². The van der Waals surface area contributed by atoms with Gasteiger partial charge in [-0.2, -0.15) is 18.2 Å². The molecule has 0 aliphatic carbocycles. The highest BCUT2D eigenvalue weighted by Gasteiger charge is 2.38. The first kappa shape index (κ1) is 23.3. The number of anilines is 1. The molecule has 1 aromatic heterocycles. The lowest BCUT2D eigenvalue weighted by Gasteiger charge is -2.31. The van der Waals surface area contributed by atoms with Crippen molar-refractivity contribution in [2.75, 3.05) is 18.6 Å². The number of ether oxygens (including phenoxy) is 1. The third-order valence-electron chi connectivity index (χ3n) is 3.87. The number of aromatic nitrogens is 2. The maximum atomic E-state index is 12.6. The van der Waals surface area contributed by atoms with Crippen LogP contribution in [0.2, 0.25) is 0 Å². The Hall–Kier alpha value is -2.95. The summed E-state index contributed by atoms with van der Waals surface area (Å²) in [7, 11) is 1.35. The molecule has 1 atom stereocenters. The Balaban J connectivity index is 2.32. The highest BCUT2D eigenvalue weighted by molar-refractivity contribution is 6.01. The van der Waals surface area contributed by atoms with Gasteiger partial charge in [0, 0.05) is 23.9 Å². The zero-order valence-corrected chi connectivity index (χ0v) is 17.2. The number of nitrogens with one attached hydrogen (secondary N) is 1. The molecule has 0 aliphatic heterocycles. The summed E-state index contributed by atoms with van der Waals surface area (Å²) in [5, 5.41) is 6.13. The van der Waals surface area contributed by atoms with Gasteiger partial charge in [-0.05, 0) is 52.0 Å². The Labute approximate surface area is 171 Å². The average molecular weight is 428 g/mol. The van der Waals surface area contributed by atoms with Crippen LogP contribution in [0.5, 0.6) is 0 Å². The summed E-state index contributed by atoms with van der Waals surface area (Å²) in [6, 6.07) is 4.96. The molecule has 164 valence electrons. The van der Waals surface area contributed by atoms with Crippen LogP contribution in [0.3, 0.4) is 0 Å². The van der Waals surface area contributed by atoms with Crippen LogP contribution in [-0.4, -0.2) is 47.3 Å². The van der Waals surface area contributed by atoms with Gasteiger partial charge in [0.05, 0.1) is 0 Å². The first-order valence-electron chi connectivity index (χ1n) is 8.98. The van der Waals surface area contributed by atoms with Crippen molar-refractivity contribution in [2.24, 2.45) is 0 Å². The minimum Gasteiger partial charge on any atom is -0.375 e. The number of alkyl halides is 3. The Kier molecular flexibility index (Phi) is 6.86. The largest absolute Gasteiger partial charge is 0.471 e. The predicted molar refractivity (Wildman–Crippen MR) is 101 cm³/mol. The second-order valence-corrected chi connectivity index (χ2v) is 7.58. The third-order valence-corrected chi connectivity index (χ3v) is 3.87. The van der Waals surface area contributed by atoms with Crippen LogP contribution in [0.1, 0.15) is 33.6 Å². The highest BCUT2D eigenvalue weighted by atomic mass is 19.4. The van der Waals surface area contributed by atoms with Crippen LogP contribution >= 0.6 is 0 Å². The summed E-state index contributed by atoms with van der Waals surface area (Å²) in [6.45, 7) is 6.75. The van der Waals surface area contributed by atoms with Gasteiger partial charge in [0.1, 0.15) is 12.6 Å². The molecule has 1 unspecified atom stereocenters. The first-order valence-corrected chi connectivity index (χ1v) is 8.98. The summed E-state index contributed by atoms with van der Waals surface area (Å²) in [6.07, 6.45) is -4.75. The van der Waals surface area contributed by atoms with E-state index in [1.54, 1.807) is 6.92 Å². The minimum absolute atomic E-state index is 0.248. The quantitative estimate of drug-likeness (QED) is 0.760. The zero-order valence-electron chi connectivity index (χ0n) is 17.2. The molecule has 11 heteroatoms. The van der Waals surface area contributed by atoms with Gasteiger partial charge in [-0.3, -0.25) is 14.5 Å². The Morgan fingerprint density at radius 1 is 1.20 bits per heavy atom. The van der Waals surface area contributed by atoms with Crippen molar-refractivity contribution in [1.29, 1.82) is 0 Å². The number of hydrogen-bond donors (Lipinski definition) is 1. The molecule has 1 aromatic carbocycles. The molecular formula is C19H23F3N4O4. The Bertz CT molecular complexity index is 888. The third kappa shape index (κ3) is 5.78. The molecule has 1 N–H and O–H groups in total. The van der Waals surface area contributed by atoms with Crippen molar-refractivity contribution in [3.8, 4) is 11.4 Å². The average Bonchev–Trinajstić information content (AvgIpc) is 3.12. The molecule has 2 rings (SSSR count). The molecule has 30 heavy (non-hydrogen) atoms. The molecule has 0 saturated heterocycles. The number of rotatable bonds is 6. The van der Waals surface area contributed by atoms with E-state index in [9.17, 15) is 22.8 Å². The summed E-state index contributed by atoms with van der Waals surface area (Å²) in [5.74, 6) is -2.53. The fourth-order valence-corrected chi connectivity index (χ4v) is 2.59. The normalized spacial score (nSPS) is 13.1. The van der Waals surface area contributed by atoms with Gasteiger partial charge in [0.25, 0.3) is 5.91 Å². The molecule has 0 aliphatic rings. The molecule has 8 nitrogen and oxygen atoms in total. The maximum absolute atomic E-state index is 12.6. The number of carbonyl (C=O) groups excluding carboxylic acids is 2. The van der Waals surface area contributed by atoms with E-state index in [1.807, 2.05) is 20.8 Å². The van der Waals surface area contributed by atoms with Crippen molar-refractivity contribution in [3.05, 3.63) is 30.2 Å². The van der Waals surface area contributed by atoms with Gasteiger partial charge in [-0.1, -0.05) is 5.16 Å². The topological polar surface area (TPSA) is 97.6 Å². The van der Waals surface area contributed by atoms with Crippen LogP contribution < -0.4 is 10.2 Å². The lowest BCUT2D eigenvalue weighted by atomic mass is 10.1. The second-order valence-electron chi connectivity index (χ2n) is 7.58. The van der Waals surface area contributed by atoms with E-state index in [2.05, 4.69) is 20.0 Å². The zero-order chi connectivity index (χ0) is 22.7. The van der Waals surface area contributed by atoms with E-state index in [0.717, 1.165) is 0 Å². The fourth-order valence-electron chi connectivity index (χ4n) is 2.59. The summed E-state index contributed by atoms with van der Waals surface area (Å²) < 4.78 is 47.1. The number of halogens is 3. The molecule has 1 heterocycles. The molecular weight excluding hydrogens is 405 g/mol. The Morgan fingerprint density at radius 2 is 1.80 bits per heavy atom. The SMILES string of the molecule is COCC(=O)N(c1ccc(-c2noc(C(F)(F)F)n2)cc1)C(C)C(=O)NC(C)(C)C. The minimum atomic E-state index is -4.75. The van der Waals surface area contributed by atoms with Crippen molar-refractivity contribution < 1.29 is 32.0 Å². The lowest BCUT2D eigenvalue weighted by Crippen LogP contribution is -2.53. The number of carbonyl (C=O) groups is 2. The monoisotopic (exact) mass is 428 g/mol. The van der Waals surface area contributed by atoms with Gasteiger partial charge < -0.3 is 14.6 Å². The lowest BCUT2D eigenvalue weighted by molar-refractivity contribution is -0.159. The molecule has 0 saturated carbocycles. The number of hydrogen-bond acceptors (Lipinski definition) is 6. The summed E-state index contributed by atoms with van der Waals surface area (Å²) in [4.78, 5) is 29.7. The first-order chi connectivity index (χ1) is 13.8. The number of nitrogens with zero attached hydrogens (tertiary/aromatic N) is 3. The molecule has 0 fully saturated rings. The van der Waals surface area contributed by atoms with Crippen molar-refractivity contribution >= 4 is 17.5 Å². The summed E-state index contributed by atoms with van der Waals surface area (Å²) in [5.41, 5.74) is 0.112. The van der Waals surface area contributed by atoms with E-state index in [-0.39, 0.29) is 23.9 Å². The number of amides is 2. The van der Waals surface area contributed by atoms with Gasteiger partial charge in [0.2, 0.25) is 11.7 Å². The highest BCUT2D eigenvalue weighted by Crippen LogP contribution is 2.30. The van der Waals surface area contributed by atoms with E-state index >= 15 is 0 Å². The van der Waals surface area contributed by atoms with Gasteiger partial charge in [0.15, 0.2) is 0 Å². The van der Waals surface area contributed by atoms with E-state index in [1.165, 1.54) is 36.3 Å². The number of benzene rings is 1. The van der Waals surface area contributed by atoms with Crippen LogP contribution in [0.25, 0.3) is 11.4 Å². The van der Waals surface area contributed by atoms with E-state index < -0.39 is 29.6 Å². The predicted octanol–water partition coefficient (Wildman–Crippen LogP) is 3.04. The molecule has 0 radical (unpaired) electrons. The van der Waals surface area contributed by atoms with Gasteiger partial charge >= 0.3 is 12.1 Å². The van der Waals surface area contributed by atoms with Gasteiger partial charge in [-0.25, -0.2) is 0 Å². The molecule has 2 aromatic rings. The smallest absolute Gasteiger partial charge is 0.375 e. The van der Waals surface area contributed by atoms with E-state index in [0.29, 0.717) is 5.69 Å². The Morgan fingerprint density at radius 3 is 2.27 bits per heavy atom. The summed E-state index contributed by atoms with van der Waals surface area (Å²) >= 11 is 0. The van der Waals surface area contributed by atoms with Crippen LogP contribution in [0.15, 0.2) is 28.8 Å². The van der Waals surface area contributed by atoms with Crippen LogP contribution in [-0.2, 0) is 20.5 Å². The van der Waals surface area contributed by atoms with E-state index in [4.69, 9.17) is 4.74 Å². The van der Waals surface area contributed by atoms with Crippen molar-refractivity contribution in [1.82, 2.24) is 15.5 Å². The fraction of sp³-hybridized carbons (Fsp3) is 0.474. The number of methoxy groups -OCH3 is 1. The molecule has 0 spiro atoms. The molecule has 0 bridgehead atoms. The van der Waals surface area contributed by atoms with Crippen LogP contribution in [0, 0.1) is 0 Å².